The summed E-state index contributed by atoms with van der Waals surface area (Å²) in [7, 11) is 3.40. The first kappa shape index (κ1) is 16.7. The van der Waals surface area contributed by atoms with Crippen molar-refractivity contribution in [1.82, 2.24) is 10.2 Å². The van der Waals surface area contributed by atoms with Crippen LogP contribution in [0.1, 0.15) is 26.7 Å². The number of nitrogens with one attached hydrogen (secondary N) is 1. The Labute approximate surface area is 127 Å². The highest BCUT2D eigenvalue weighted by Crippen LogP contribution is 2.25. The molecule has 2 aliphatic rings. The van der Waals surface area contributed by atoms with Gasteiger partial charge in [-0.3, -0.25) is 15.0 Å². The Kier molecular flexibility index (Phi) is 5.60. The standard InChI is InChI=1S/C15H28N2O4/c1-5-21-14(18)15(2,16-11-6-7-11)10-17-8-12(19-3)13(9-17)20-4/h11-13,16H,5-10H2,1-4H3. The largest absolute Gasteiger partial charge is 0.465 e. The molecule has 1 aliphatic heterocycles. The van der Waals surface area contributed by atoms with Crippen molar-refractivity contribution < 1.29 is 19.0 Å². The first-order chi connectivity index (χ1) is 10.0. The number of ether oxygens (including phenoxy) is 3. The third-order valence-corrected chi connectivity index (χ3v) is 4.26. The number of esters is 1. The van der Waals surface area contributed by atoms with E-state index in [1.807, 2.05) is 13.8 Å². The molecule has 1 heterocycles. The van der Waals surface area contributed by atoms with Crippen LogP contribution in [0.4, 0.5) is 0 Å². The van der Waals surface area contributed by atoms with Crippen molar-refractivity contribution in [3.05, 3.63) is 0 Å². The molecule has 6 heteroatoms. The predicted molar refractivity (Wildman–Crippen MR) is 79.2 cm³/mol. The van der Waals surface area contributed by atoms with E-state index >= 15 is 0 Å². The number of rotatable bonds is 8. The Morgan fingerprint density at radius 1 is 1.24 bits per heavy atom. The highest BCUT2D eigenvalue weighted by Gasteiger charge is 2.44. The van der Waals surface area contributed by atoms with Gasteiger partial charge in [-0.05, 0) is 26.7 Å². The van der Waals surface area contributed by atoms with Crippen LogP contribution >= 0.6 is 0 Å². The van der Waals surface area contributed by atoms with Crippen LogP contribution in [0.25, 0.3) is 0 Å². The fraction of sp³-hybridized carbons (Fsp3) is 0.933. The average Bonchev–Trinajstić information content (AvgIpc) is 3.17. The Hall–Kier alpha value is -0.690. The van der Waals surface area contributed by atoms with Crippen LogP contribution in [0.2, 0.25) is 0 Å². The van der Waals surface area contributed by atoms with Crippen LogP contribution in [0.5, 0.6) is 0 Å². The van der Waals surface area contributed by atoms with Gasteiger partial charge in [0.25, 0.3) is 0 Å². The van der Waals surface area contributed by atoms with E-state index in [0.29, 0.717) is 19.2 Å². The molecule has 21 heavy (non-hydrogen) atoms. The van der Waals surface area contributed by atoms with E-state index in [1.165, 1.54) is 0 Å². The second-order valence-electron chi connectivity index (χ2n) is 6.21. The number of hydrogen-bond donors (Lipinski definition) is 1. The molecule has 0 aromatic rings. The van der Waals surface area contributed by atoms with Crippen LogP contribution in [-0.2, 0) is 19.0 Å². The summed E-state index contributed by atoms with van der Waals surface area (Å²) >= 11 is 0. The average molecular weight is 300 g/mol. The molecule has 0 amide bonds. The highest BCUT2D eigenvalue weighted by atomic mass is 16.5. The van der Waals surface area contributed by atoms with Crippen LogP contribution < -0.4 is 5.32 Å². The molecule has 1 aliphatic carbocycles. The fourth-order valence-corrected chi connectivity index (χ4v) is 2.99. The van der Waals surface area contributed by atoms with Gasteiger partial charge >= 0.3 is 5.97 Å². The molecule has 1 N–H and O–H groups in total. The van der Waals surface area contributed by atoms with Gasteiger partial charge in [-0.25, -0.2) is 0 Å². The molecule has 1 saturated carbocycles. The summed E-state index contributed by atoms with van der Waals surface area (Å²) in [6.07, 6.45) is 2.39. The summed E-state index contributed by atoms with van der Waals surface area (Å²) < 4.78 is 16.2. The lowest BCUT2D eigenvalue weighted by atomic mass is 10.0. The maximum atomic E-state index is 12.3. The molecule has 122 valence electrons. The van der Waals surface area contributed by atoms with Crippen LogP contribution in [-0.4, -0.2) is 75.1 Å². The number of hydrogen-bond acceptors (Lipinski definition) is 6. The molecule has 1 saturated heterocycles. The highest BCUT2D eigenvalue weighted by molar-refractivity contribution is 5.80. The lowest BCUT2D eigenvalue weighted by molar-refractivity contribution is -0.151. The molecule has 0 radical (unpaired) electrons. The number of methoxy groups -OCH3 is 2. The Bertz CT molecular complexity index is 350. The summed E-state index contributed by atoms with van der Waals surface area (Å²) in [4.78, 5) is 14.6. The monoisotopic (exact) mass is 300 g/mol. The maximum absolute atomic E-state index is 12.3. The molecule has 0 bridgehead atoms. The van der Waals surface area contributed by atoms with E-state index in [4.69, 9.17) is 14.2 Å². The smallest absolute Gasteiger partial charge is 0.327 e. The minimum Gasteiger partial charge on any atom is -0.465 e. The molecule has 6 nitrogen and oxygen atoms in total. The number of carbonyl (C=O) groups excluding carboxylic acids is 1. The van der Waals surface area contributed by atoms with Gasteiger partial charge in [0.05, 0.1) is 18.8 Å². The first-order valence-corrected chi connectivity index (χ1v) is 7.75. The normalized spacial score (nSPS) is 29.3. The molecule has 0 aromatic heterocycles. The molecular weight excluding hydrogens is 272 g/mol. The van der Waals surface area contributed by atoms with Crippen molar-refractivity contribution >= 4 is 5.97 Å². The number of carbonyl (C=O) groups is 1. The third kappa shape index (κ3) is 4.16. The zero-order chi connectivity index (χ0) is 15.5. The molecule has 0 spiro atoms. The number of likely N-dealkylation sites (tertiary alicyclic amines) is 1. The second-order valence-corrected chi connectivity index (χ2v) is 6.21. The minimum atomic E-state index is -0.669. The van der Waals surface area contributed by atoms with Crippen molar-refractivity contribution in [2.45, 2.75) is 50.5 Å². The second kappa shape index (κ2) is 7.05. The van der Waals surface area contributed by atoms with E-state index in [-0.39, 0.29) is 18.2 Å². The molecule has 0 aromatic carbocycles. The van der Waals surface area contributed by atoms with Gasteiger partial charge in [-0.1, -0.05) is 0 Å². The molecule has 3 unspecified atom stereocenters. The van der Waals surface area contributed by atoms with E-state index in [0.717, 1.165) is 25.9 Å². The van der Waals surface area contributed by atoms with Crippen molar-refractivity contribution in [3.63, 3.8) is 0 Å². The summed E-state index contributed by atoms with van der Waals surface area (Å²) in [6.45, 7) is 6.34. The van der Waals surface area contributed by atoms with E-state index < -0.39 is 5.54 Å². The molecule has 2 rings (SSSR count). The minimum absolute atomic E-state index is 0.0578. The lowest BCUT2D eigenvalue weighted by Crippen LogP contribution is -2.58. The van der Waals surface area contributed by atoms with Crippen molar-refractivity contribution in [2.24, 2.45) is 0 Å². The van der Waals surface area contributed by atoms with Crippen LogP contribution in [0, 0.1) is 0 Å². The van der Waals surface area contributed by atoms with Gasteiger partial charge in [0.1, 0.15) is 5.54 Å². The zero-order valence-corrected chi connectivity index (χ0v) is 13.6. The van der Waals surface area contributed by atoms with Crippen LogP contribution in [0.15, 0.2) is 0 Å². The van der Waals surface area contributed by atoms with E-state index in [9.17, 15) is 4.79 Å². The molecule has 2 fully saturated rings. The van der Waals surface area contributed by atoms with Gasteiger partial charge in [0.2, 0.25) is 0 Å². The predicted octanol–water partition coefficient (Wildman–Crippen LogP) is 0.406. The van der Waals surface area contributed by atoms with Crippen molar-refractivity contribution in [1.29, 1.82) is 0 Å². The van der Waals surface area contributed by atoms with E-state index in [1.54, 1.807) is 14.2 Å². The Morgan fingerprint density at radius 3 is 2.24 bits per heavy atom. The molecule has 3 atom stereocenters. The Morgan fingerprint density at radius 2 is 1.81 bits per heavy atom. The van der Waals surface area contributed by atoms with Gasteiger partial charge in [0.15, 0.2) is 0 Å². The molecular formula is C15H28N2O4. The summed E-state index contributed by atoms with van der Waals surface area (Å²) in [5.41, 5.74) is -0.669. The van der Waals surface area contributed by atoms with Crippen molar-refractivity contribution in [2.75, 3.05) is 40.5 Å². The Balaban J connectivity index is 1.99. The first-order valence-electron chi connectivity index (χ1n) is 7.75. The fourth-order valence-electron chi connectivity index (χ4n) is 2.99. The topological polar surface area (TPSA) is 60.0 Å². The van der Waals surface area contributed by atoms with E-state index in [2.05, 4.69) is 10.2 Å². The van der Waals surface area contributed by atoms with Crippen molar-refractivity contribution in [3.8, 4) is 0 Å². The number of nitrogens with zero attached hydrogens (tertiary/aromatic N) is 1. The SMILES string of the molecule is CCOC(=O)C(C)(CN1CC(OC)C(OC)C1)NC1CC1. The third-order valence-electron chi connectivity index (χ3n) is 4.26. The van der Waals surface area contributed by atoms with Gasteiger partial charge in [0, 0.05) is 39.9 Å². The van der Waals surface area contributed by atoms with Gasteiger partial charge < -0.3 is 14.2 Å². The zero-order valence-electron chi connectivity index (χ0n) is 13.6. The summed E-state index contributed by atoms with van der Waals surface area (Å²) in [5.74, 6) is -0.174. The van der Waals surface area contributed by atoms with Crippen LogP contribution in [0.3, 0.4) is 0 Å². The summed E-state index contributed by atoms with van der Waals surface area (Å²) in [6, 6.07) is 0.443. The maximum Gasteiger partial charge on any atom is 0.327 e. The quantitative estimate of drug-likeness (QED) is 0.655. The lowest BCUT2D eigenvalue weighted by Gasteiger charge is -2.32. The van der Waals surface area contributed by atoms with Gasteiger partial charge in [-0.2, -0.15) is 0 Å². The summed E-state index contributed by atoms with van der Waals surface area (Å²) in [5, 5.41) is 3.45. The van der Waals surface area contributed by atoms with Gasteiger partial charge in [-0.15, -0.1) is 0 Å².